The molecule has 0 radical (unpaired) electrons. The highest BCUT2D eigenvalue weighted by atomic mass is 16.6. The number of nitrogens with zero attached hydrogens (tertiary/aromatic N) is 1. The second-order valence-electron chi connectivity index (χ2n) is 8.71. The topological polar surface area (TPSA) is 41.6 Å². The van der Waals surface area contributed by atoms with E-state index in [9.17, 15) is 4.79 Å². The molecule has 1 amide bonds. The molecule has 30 heavy (non-hydrogen) atoms. The van der Waals surface area contributed by atoms with E-state index in [1.165, 1.54) is 63.1 Å². The van der Waals surface area contributed by atoms with E-state index in [2.05, 4.69) is 69.8 Å². The lowest BCUT2D eigenvalue weighted by Gasteiger charge is -2.32. The van der Waals surface area contributed by atoms with Crippen LogP contribution < -0.4 is 5.48 Å². The van der Waals surface area contributed by atoms with Crippen molar-refractivity contribution in [1.82, 2.24) is 10.4 Å². The molecule has 4 rings (SSSR count). The fraction of sp³-hybridized carbons (Fsp3) is 0.423. The number of nitrogens with one attached hydrogen (secondary N) is 1. The van der Waals surface area contributed by atoms with E-state index in [0.717, 1.165) is 29.9 Å². The maximum atomic E-state index is 11.4. The van der Waals surface area contributed by atoms with Gasteiger partial charge in [0.05, 0.1) is 7.11 Å². The van der Waals surface area contributed by atoms with Crippen molar-refractivity contribution >= 4 is 12.0 Å². The average Bonchev–Trinajstić information content (AvgIpc) is 3.55. The van der Waals surface area contributed by atoms with Gasteiger partial charge in [-0.25, -0.2) is 5.48 Å². The Morgan fingerprint density at radius 1 is 1.10 bits per heavy atom. The quantitative estimate of drug-likeness (QED) is 0.508. The zero-order valence-electron chi connectivity index (χ0n) is 17.8. The van der Waals surface area contributed by atoms with Gasteiger partial charge in [0.15, 0.2) is 0 Å². The van der Waals surface area contributed by atoms with Gasteiger partial charge in [0, 0.05) is 12.6 Å². The molecular weight excluding hydrogens is 372 g/mol. The van der Waals surface area contributed by atoms with Gasteiger partial charge in [-0.05, 0) is 79.3 Å². The van der Waals surface area contributed by atoms with Gasteiger partial charge in [0.2, 0.25) is 0 Å². The van der Waals surface area contributed by atoms with Crippen LogP contribution in [0.5, 0.6) is 0 Å². The largest absolute Gasteiger partial charge is 0.299 e. The summed E-state index contributed by atoms with van der Waals surface area (Å²) in [7, 11) is 1.43. The molecule has 2 atom stereocenters. The zero-order valence-corrected chi connectivity index (χ0v) is 17.8. The summed E-state index contributed by atoms with van der Waals surface area (Å²) in [6.45, 7) is 3.41. The smallest absolute Gasteiger partial charge is 0.267 e. The van der Waals surface area contributed by atoms with Gasteiger partial charge in [-0.1, -0.05) is 54.6 Å². The third kappa shape index (κ3) is 5.80. The predicted molar refractivity (Wildman–Crippen MR) is 121 cm³/mol. The van der Waals surface area contributed by atoms with Gasteiger partial charge in [-0.3, -0.25) is 14.5 Å². The summed E-state index contributed by atoms with van der Waals surface area (Å²) in [5.74, 6) is 2.37. The Labute approximate surface area is 179 Å². The van der Waals surface area contributed by atoms with Crippen molar-refractivity contribution in [3.63, 3.8) is 0 Å². The standard InChI is InChI=1S/C26H32N2O2/c1-30-27-26(29)12-11-20-7-9-22(10-8-20)19-28-15-13-21(14-16-28)17-24-18-25(24)23-5-3-2-4-6-23/h2-12,21,24-25H,13-19H2,1H3,(H,27,29)/b12-11+/t24-,25+/m1/s1. The van der Waals surface area contributed by atoms with Crippen LogP contribution in [-0.2, 0) is 16.2 Å². The van der Waals surface area contributed by atoms with Crippen molar-refractivity contribution < 1.29 is 9.63 Å². The number of hydroxylamine groups is 1. The molecule has 2 aliphatic rings. The van der Waals surface area contributed by atoms with Gasteiger partial charge in [0.25, 0.3) is 5.91 Å². The second kappa shape index (κ2) is 10.1. The van der Waals surface area contributed by atoms with Crippen molar-refractivity contribution in [2.45, 2.75) is 38.1 Å². The lowest BCUT2D eigenvalue weighted by molar-refractivity contribution is -0.126. The molecule has 0 bridgehead atoms. The average molecular weight is 405 g/mol. The number of carbonyl (C=O) groups excluding carboxylic acids is 1. The van der Waals surface area contributed by atoms with E-state index >= 15 is 0 Å². The molecule has 0 spiro atoms. The van der Waals surface area contributed by atoms with Crippen molar-refractivity contribution in [2.24, 2.45) is 11.8 Å². The minimum atomic E-state index is -0.259. The maximum absolute atomic E-state index is 11.4. The van der Waals surface area contributed by atoms with Crippen LogP contribution >= 0.6 is 0 Å². The molecule has 0 unspecified atom stereocenters. The highest BCUT2D eigenvalue weighted by Crippen LogP contribution is 2.51. The van der Waals surface area contributed by atoms with Gasteiger partial charge < -0.3 is 0 Å². The van der Waals surface area contributed by atoms with E-state index in [-0.39, 0.29) is 5.91 Å². The number of hydrogen-bond donors (Lipinski definition) is 1. The van der Waals surface area contributed by atoms with Crippen molar-refractivity contribution in [1.29, 1.82) is 0 Å². The summed E-state index contributed by atoms with van der Waals surface area (Å²) in [6, 6.07) is 19.5. The monoisotopic (exact) mass is 404 g/mol. The number of likely N-dealkylation sites (tertiary alicyclic amines) is 1. The Kier molecular flexibility index (Phi) is 6.98. The summed E-state index contributed by atoms with van der Waals surface area (Å²) in [4.78, 5) is 18.6. The minimum absolute atomic E-state index is 0.259. The minimum Gasteiger partial charge on any atom is -0.299 e. The molecule has 4 heteroatoms. The summed E-state index contributed by atoms with van der Waals surface area (Å²) in [6.07, 6.45) is 8.72. The molecule has 4 nitrogen and oxygen atoms in total. The SMILES string of the molecule is CONC(=O)/C=C/c1ccc(CN2CCC(C[C@@H]3C[C@H]3c3ccccc3)CC2)cc1. The van der Waals surface area contributed by atoms with Crippen LogP contribution in [-0.4, -0.2) is 31.0 Å². The van der Waals surface area contributed by atoms with Crippen LogP contribution in [0.25, 0.3) is 6.08 Å². The van der Waals surface area contributed by atoms with Gasteiger partial charge in [0.1, 0.15) is 0 Å². The van der Waals surface area contributed by atoms with Crippen LogP contribution in [0.1, 0.15) is 48.3 Å². The summed E-state index contributed by atoms with van der Waals surface area (Å²) in [5.41, 5.74) is 6.16. The third-order valence-corrected chi connectivity index (χ3v) is 6.51. The first-order chi connectivity index (χ1) is 14.7. The van der Waals surface area contributed by atoms with Crippen molar-refractivity contribution in [3.8, 4) is 0 Å². The fourth-order valence-electron chi connectivity index (χ4n) is 4.72. The normalized spacial score (nSPS) is 22.3. The molecule has 1 aliphatic carbocycles. The number of benzene rings is 2. The van der Waals surface area contributed by atoms with E-state index in [4.69, 9.17) is 0 Å². The number of amides is 1. The summed E-state index contributed by atoms with van der Waals surface area (Å²) < 4.78 is 0. The molecule has 2 aromatic carbocycles. The number of piperidine rings is 1. The van der Waals surface area contributed by atoms with Crippen LogP contribution in [0.2, 0.25) is 0 Å². The van der Waals surface area contributed by atoms with E-state index in [1.54, 1.807) is 6.08 Å². The number of carbonyl (C=O) groups is 1. The maximum Gasteiger partial charge on any atom is 0.267 e. The Balaban J connectivity index is 1.18. The fourth-order valence-corrected chi connectivity index (χ4v) is 4.72. The molecule has 158 valence electrons. The Morgan fingerprint density at radius 2 is 1.83 bits per heavy atom. The molecule has 2 fully saturated rings. The molecule has 1 saturated heterocycles. The van der Waals surface area contributed by atoms with Crippen LogP contribution in [0.15, 0.2) is 60.7 Å². The van der Waals surface area contributed by atoms with E-state index in [0.29, 0.717) is 0 Å². The van der Waals surface area contributed by atoms with Gasteiger partial charge in [-0.2, -0.15) is 0 Å². The molecule has 2 aromatic rings. The van der Waals surface area contributed by atoms with Crippen molar-refractivity contribution in [3.05, 3.63) is 77.4 Å². The molecule has 1 aliphatic heterocycles. The summed E-state index contributed by atoms with van der Waals surface area (Å²) >= 11 is 0. The molecular formula is C26H32N2O2. The predicted octanol–water partition coefficient (Wildman–Crippen LogP) is 4.78. The lowest BCUT2D eigenvalue weighted by Crippen LogP contribution is -2.33. The third-order valence-electron chi connectivity index (χ3n) is 6.51. The molecule has 1 heterocycles. The number of rotatable bonds is 8. The molecule has 0 aromatic heterocycles. The Bertz CT molecular complexity index is 839. The van der Waals surface area contributed by atoms with Crippen LogP contribution in [0.4, 0.5) is 0 Å². The van der Waals surface area contributed by atoms with Gasteiger partial charge >= 0.3 is 0 Å². The summed E-state index contributed by atoms with van der Waals surface area (Å²) in [5, 5.41) is 0. The highest BCUT2D eigenvalue weighted by molar-refractivity contribution is 5.90. The highest BCUT2D eigenvalue weighted by Gasteiger charge is 2.39. The Hall–Kier alpha value is -2.43. The number of hydrogen-bond acceptors (Lipinski definition) is 3. The van der Waals surface area contributed by atoms with E-state index in [1.807, 2.05) is 0 Å². The zero-order chi connectivity index (χ0) is 20.8. The van der Waals surface area contributed by atoms with E-state index < -0.39 is 0 Å². The first kappa shape index (κ1) is 20.8. The first-order valence-electron chi connectivity index (χ1n) is 11.1. The van der Waals surface area contributed by atoms with Crippen molar-refractivity contribution in [2.75, 3.05) is 20.2 Å². The molecule has 1 N–H and O–H groups in total. The lowest BCUT2D eigenvalue weighted by atomic mass is 9.90. The Morgan fingerprint density at radius 3 is 2.53 bits per heavy atom. The second-order valence-corrected chi connectivity index (χ2v) is 8.71. The van der Waals surface area contributed by atoms with Crippen LogP contribution in [0, 0.1) is 11.8 Å². The van der Waals surface area contributed by atoms with Crippen LogP contribution in [0.3, 0.4) is 0 Å². The first-order valence-corrected chi connectivity index (χ1v) is 11.1. The molecule has 1 saturated carbocycles. The van der Waals surface area contributed by atoms with Gasteiger partial charge in [-0.15, -0.1) is 0 Å².